The van der Waals surface area contributed by atoms with Crippen LogP contribution in [0.25, 0.3) is 11.1 Å². The van der Waals surface area contributed by atoms with E-state index in [2.05, 4.69) is 16.7 Å². The molecule has 0 fully saturated rings. The zero-order valence-electron chi connectivity index (χ0n) is 18.6. The lowest BCUT2D eigenvalue weighted by molar-refractivity contribution is -0.384. The summed E-state index contributed by atoms with van der Waals surface area (Å²) in [5, 5.41) is 28.5. The van der Waals surface area contributed by atoms with Gasteiger partial charge in [0.05, 0.1) is 16.2 Å². The largest absolute Gasteiger partial charge is 0.322 e. The van der Waals surface area contributed by atoms with Crippen LogP contribution in [-0.4, -0.2) is 22.5 Å². The maximum atomic E-state index is 12.6. The van der Waals surface area contributed by atoms with Crippen LogP contribution in [0.15, 0.2) is 89.1 Å². The maximum Gasteiger partial charge on any atom is 0.270 e. The second-order valence-corrected chi connectivity index (χ2v) is 9.39. The van der Waals surface area contributed by atoms with Gasteiger partial charge in [0, 0.05) is 39.2 Å². The van der Waals surface area contributed by atoms with Crippen LogP contribution in [0.3, 0.4) is 0 Å². The highest BCUT2D eigenvalue weighted by atomic mass is 32.2. The lowest BCUT2D eigenvalue weighted by Gasteiger charge is -2.08. The van der Waals surface area contributed by atoms with E-state index in [9.17, 15) is 25.0 Å². The number of non-ortho nitro benzene ring substituents is 1. The number of carbonyl (C=O) groups is 2. The van der Waals surface area contributed by atoms with Crippen molar-refractivity contribution in [2.75, 3.05) is 16.4 Å². The van der Waals surface area contributed by atoms with Crippen molar-refractivity contribution in [3.63, 3.8) is 0 Å². The molecule has 1 heterocycles. The quantitative estimate of drug-likeness (QED) is 0.164. The predicted molar refractivity (Wildman–Crippen MR) is 141 cm³/mol. The number of nitriles is 1. The smallest absolute Gasteiger partial charge is 0.270 e. The molecular weight excluding hydrogens is 496 g/mol. The molecule has 0 saturated heterocycles. The third-order valence-corrected chi connectivity index (χ3v) is 6.91. The summed E-state index contributed by atoms with van der Waals surface area (Å²) < 4.78 is 0. The average Bonchev–Trinajstić information content (AvgIpc) is 3.30. The lowest BCUT2D eigenvalue weighted by Crippen LogP contribution is -2.14. The van der Waals surface area contributed by atoms with Crippen LogP contribution in [0, 0.1) is 21.4 Å². The molecule has 4 rings (SSSR count). The van der Waals surface area contributed by atoms with E-state index in [0.717, 1.165) is 16.0 Å². The van der Waals surface area contributed by atoms with Crippen LogP contribution in [0.5, 0.6) is 0 Å². The molecule has 0 aliphatic carbocycles. The molecule has 8 nitrogen and oxygen atoms in total. The molecule has 0 spiro atoms. The Morgan fingerprint density at radius 2 is 1.78 bits per heavy atom. The van der Waals surface area contributed by atoms with Gasteiger partial charge in [0.15, 0.2) is 0 Å². The molecular formula is C26H18N4O4S2. The Kier molecular flexibility index (Phi) is 7.75. The van der Waals surface area contributed by atoms with Crippen molar-refractivity contribution in [1.82, 2.24) is 0 Å². The molecule has 4 aromatic rings. The van der Waals surface area contributed by atoms with Gasteiger partial charge in [-0.05, 0) is 29.8 Å². The van der Waals surface area contributed by atoms with Crippen LogP contribution in [0.4, 0.5) is 16.4 Å². The molecule has 0 bridgehead atoms. The first-order valence-corrected chi connectivity index (χ1v) is 12.5. The second-order valence-electron chi connectivity index (χ2n) is 7.46. The van der Waals surface area contributed by atoms with E-state index in [4.69, 9.17) is 0 Å². The fourth-order valence-corrected chi connectivity index (χ4v) is 5.02. The fraction of sp³-hybridized carbons (Fsp3) is 0.0385. The number of rotatable bonds is 8. The molecule has 178 valence electrons. The minimum Gasteiger partial charge on any atom is -0.322 e. The van der Waals surface area contributed by atoms with Crippen molar-refractivity contribution in [2.45, 2.75) is 4.90 Å². The summed E-state index contributed by atoms with van der Waals surface area (Å²) >= 11 is 2.58. The van der Waals surface area contributed by atoms with Gasteiger partial charge in [-0.2, -0.15) is 5.26 Å². The van der Waals surface area contributed by atoms with Crippen LogP contribution in [-0.2, 0) is 4.79 Å². The van der Waals surface area contributed by atoms with Crippen LogP contribution >= 0.6 is 23.1 Å². The van der Waals surface area contributed by atoms with Gasteiger partial charge < -0.3 is 10.6 Å². The SMILES string of the molecule is N#Cc1c(-c2ccccc2)csc1NC(=O)CSc1cccc(NC(=O)c2cccc([N+](=O)[O-])c2)c1. The zero-order chi connectivity index (χ0) is 25.5. The number of nitrogens with zero attached hydrogens (tertiary/aromatic N) is 2. The third kappa shape index (κ3) is 5.96. The highest BCUT2D eigenvalue weighted by molar-refractivity contribution is 8.00. The lowest BCUT2D eigenvalue weighted by atomic mass is 10.1. The number of nitrogens with one attached hydrogen (secondary N) is 2. The summed E-state index contributed by atoms with van der Waals surface area (Å²) in [6, 6.07) is 24.1. The third-order valence-electron chi connectivity index (χ3n) is 5.02. The second kappa shape index (κ2) is 11.3. The maximum absolute atomic E-state index is 12.6. The predicted octanol–water partition coefficient (Wildman–Crippen LogP) is 6.18. The molecule has 0 atom stereocenters. The van der Waals surface area contributed by atoms with Crippen molar-refractivity contribution >= 4 is 51.3 Å². The summed E-state index contributed by atoms with van der Waals surface area (Å²) in [4.78, 5) is 36.2. The van der Waals surface area contributed by atoms with E-state index in [0.29, 0.717) is 16.3 Å². The van der Waals surface area contributed by atoms with Gasteiger partial charge in [0.1, 0.15) is 11.1 Å². The van der Waals surface area contributed by atoms with E-state index in [-0.39, 0.29) is 22.9 Å². The number of thiophene rings is 1. The van der Waals surface area contributed by atoms with Crippen molar-refractivity contribution < 1.29 is 14.5 Å². The first-order chi connectivity index (χ1) is 17.4. The summed E-state index contributed by atoms with van der Waals surface area (Å²) in [6.07, 6.45) is 0. The Balaban J connectivity index is 1.37. The number of carbonyl (C=O) groups excluding carboxylic acids is 2. The number of amides is 2. The number of hydrogen-bond acceptors (Lipinski definition) is 7. The van der Waals surface area contributed by atoms with E-state index in [1.807, 2.05) is 35.7 Å². The number of anilines is 2. The molecule has 0 aliphatic rings. The van der Waals surface area contributed by atoms with Gasteiger partial charge in [-0.1, -0.05) is 42.5 Å². The topological polar surface area (TPSA) is 125 Å². The highest BCUT2D eigenvalue weighted by Gasteiger charge is 2.16. The number of nitro benzene ring substituents is 1. The van der Waals surface area contributed by atoms with Gasteiger partial charge >= 0.3 is 0 Å². The first kappa shape index (κ1) is 24.7. The van der Waals surface area contributed by atoms with Gasteiger partial charge in [0.2, 0.25) is 5.91 Å². The Morgan fingerprint density at radius 1 is 1.00 bits per heavy atom. The Bertz CT molecular complexity index is 1480. The monoisotopic (exact) mass is 514 g/mol. The summed E-state index contributed by atoms with van der Waals surface area (Å²) in [7, 11) is 0. The number of thioether (sulfide) groups is 1. The van der Waals surface area contributed by atoms with E-state index >= 15 is 0 Å². The van der Waals surface area contributed by atoms with Crippen molar-refractivity contribution in [1.29, 1.82) is 5.26 Å². The fourth-order valence-electron chi connectivity index (χ4n) is 3.33. The molecule has 0 radical (unpaired) electrons. The molecule has 0 saturated carbocycles. The number of hydrogen-bond donors (Lipinski definition) is 2. The molecule has 2 amide bonds. The molecule has 1 aromatic heterocycles. The average molecular weight is 515 g/mol. The van der Waals surface area contributed by atoms with E-state index in [1.54, 1.807) is 24.3 Å². The van der Waals surface area contributed by atoms with Crippen molar-refractivity contribution in [3.8, 4) is 17.2 Å². The molecule has 10 heteroatoms. The van der Waals surface area contributed by atoms with Crippen LogP contribution in [0.1, 0.15) is 15.9 Å². The standard InChI is InChI=1S/C26H18N4O4S2/c27-14-22-23(17-6-2-1-3-7-17)15-36-26(22)29-24(31)16-35-21-11-5-9-19(13-21)28-25(32)18-8-4-10-20(12-18)30(33)34/h1-13,15H,16H2,(H,28,32)(H,29,31). The molecule has 0 unspecified atom stereocenters. The number of nitro groups is 1. The zero-order valence-corrected chi connectivity index (χ0v) is 20.3. The summed E-state index contributed by atoms with van der Waals surface area (Å²) in [6.45, 7) is 0. The van der Waals surface area contributed by atoms with Gasteiger partial charge in [-0.15, -0.1) is 23.1 Å². The molecule has 0 aliphatic heterocycles. The van der Waals surface area contributed by atoms with Crippen molar-refractivity contribution in [3.05, 3.63) is 105 Å². The van der Waals surface area contributed by atoms with E-state index in [1.165, 1.54) is 47.4 Å². The molecule has 2 N–H and O–H groups in total. The van der Waals surface area contributed by atoms with Crippen LogP contribution in [0.2, 0.25) is 0 Å². The van der Waals surface area contributed by atoms with Crippen molar-refractivity contribution in [2.24, 2.45) is 0 Å². The van der Waals surface area contributed by atoms with Gasteiger partial charge in [-0.3, -0.25) is 19.7 Å². The highest BCUT2D eigenvalue weighted by Crippen LogP contribution is 2.35. The van der Waals surface area contributed by atoms with E-state index < -0.39 is 10.8 Å². The van der Waals surface area contributed by atoms with Crippen LogP contribution < -0.4 is 10.6 Å². The Labute approximate surface area is 214 Å². The Hall–Kier alpha value is -4.46. The minimum absolute atomic E-state index is 0.103. The summed E-state index contributed by atoms with van der Waals surface area (Å²) in [5.41, 5.74) is 2.60. The van der Waals surface area contributed by atoms with Gasteiger partial charge in [-0.25, -0.2) is 0 Å². The summed E-state index contributed by atoms with van der Waals surface area (Å²) in [5.74, 6) is -0.635. The minimum atomic E-state index is -0.558. The van der Waals surface area contributed by atoms with Gasteiger partial charge in [0.25, 0.3) is 11.6 Å². The Morgan fingerprint density at radius 3 is 2.53 bits per heavy atom. The normalized spacial score (nSPS) is 10.3. The first-order valence-electron chi connectivity index (χ1n) is 10.6. The number of benzene rings is 3. The molecule has 3 aromatic carbocycles. The molecule has 36 heavy (non-hydrogen) atoms.